The molecule has 1 unspecified atom stereocenters. The van der Waals surface area contributed by atoms with Crippen molar-refractivity contribution in [1.82, 2.24) is 0 Å². The number of hydrogen-bond acceptors (Lipinski definition) is 2. The smallest absolute Gasteiger partial charge is 0.192 e. The quantitative estimate of drug-likeness (QED) is 0.542. The molecule has 0 heterocycles. The van der Waals surface area contributed by atoms with Crippen LogP contribution in [0.3, 0.4) is 0 Å². The van der Waals surface area contributed by atoms with Crippen LogP contribution < -0.4 is 0 Å². The summed E-state index contributed by atoms with van der Waals surface area (Å²) < 4.78 is 6.31. The molecule has 1 atom stereocenters. The standard InChI is InChI=1S/C13H26O2Si/c1-13(2,3)16(4,5)15-12-9-7-6-8-11(14)10-12/h12H,6-10H2,1-5H3. The van der Waals surface area contributed by atoms with Gasteiger partial charge in [-0.3, -0.25) is 4.79 Å². The molecule has 16 heavy (non-hydrogen) atoms. The number of carbonyl (C=O) groups is 1. The summed E-state index contributed by atoms with van der Waals surface area (Å²) in [5, 5.41) is 0.238. The van der Waals surface area contributed by atoms with Gasteiger partial charge in [-0.05, 0) is 31.0 Å². The average molecular weight is 242 g/mol. The van der Waals surface area contributed by atoms with E-state index in [0.717, 1.165) is 25.7 Å². The van der Waals surface area contributed by atoms with Gasteiger partial charge in [0.05, 0.1) is 6.10 Å². The van der Waals surface area contributed by atoms with Crippen LogP contribution in [-0.2, 0) is 9.22 Å². The minimum Gasteiger partial charge on any atom is -0.413 e. The minimum atomic E-state index is -1.70. The maximum Gasteiger partial charge on any atom is 0.192 e. The fourth-order valence-corrected chi connectivity index (χ4v) is 3.23. The number of rotatable bonds is 2. The lowest BCUT2D eigenvalue weighted by molar-refractivity contribution is -0.120. The molecular weight excluding hydrogens is 216 g/mol. The molecule has 94 valence electrons. The van der Waals surface area contributed by atoms with E-state index in [1.165, 1.54) is 0 Å². The van der Waals surface area contributed by atoms with E-state index in [9.17, 15) is 4.79 Å². The fourth-order valence-electron chi connectivity index (χ4n) is 1.85. The summed E-state index contributed by atoms with van der Waals surface area (Å²) in [6, 6.07) is 0. The van der Waals surface area contributed by atoms with Crippen LogP contribution in [0.1, 0.15) is 52.9 Å². The summed E-state index contributed by atoms with van der Waals surface area (Å²) >= 11 is 0. The van der Waals surface area contributed by atoms with Gasteiger partial charge in [-0.25, -0.2) is 0 Å². The first kappa shape index (κ1) is 13.9. The summed E-state index contributed by atoms with van der Waals surface area (Å²) in [5.74, 6) is 0.390. The van der Waals surface area contributed by atoms with Crippen LogP contribution in [-0.4, -0.2) is 20.2 Å². The Hall–Kier alpha value is -0.153. The van der Waals surface area contributed by atoms with E-state index in [4.69, 9.17) is 4.43 Å². The molecule has 0 saturated heterocycles. The van der Waals surface area contributed by atoms with Gasteiger partial charge in [-0.1, -0.05) is 27.2 Å². The monoisotopic (exact) mass is 242 g/mol. The molecule has 2 nitrogen and oxygen atoms in total. The lowest BCUT2D eigenvalue weighted by atomic mass is 10.1. The predicted octanol–water partition coefficient (Wildman–Crippen LogP) is 3.91. The van der Waals surface area contributed by atoms with E-state index < -0.39 is 8.32 Å². The normalized spacial score (nSPS) is 24.3. The van der Waals surface area contributed by atoms with Crippen LogP contribution in [0.5, 0.6) is 0 Å². The molecule has 0 bridgehead atoms. The molecule has 1 aliphatic carbocycles. The van der Waals surface area contributed by atoms with Crippen molar-refractivity contribution < 1.29 is 9.22 Å². The van der Waals surface area contributed by atoms with Gasteiger partial charge in [-0.2, -0.15) is 0 Å². The molecular formula is C13H26O2Si. The van der Waals surface area contributed by atoms with Crippen molar-refractivity contribution in [3.63, 3.8) is 0 Å². The van der Waals surface area contributed by atoms with Crippen LogP contribution in [0.2, 0.25) is 18.1 Å². The first-order chi connectivity index (χ1) is 7.22. The Morgan fingerprint density at radius 1 is 1.25 bits per heavy atom. The maximum atomic E-state index is 11.6. The zero-order chi connectivity index (χ0) is 12.4. The molecule has 3 heteroatoms. The highest BCUT2D eigenvalue weighted by Gasteiger charge is 2.39. The van der Waals surface area contributed by atoms with Gasteiger partial charge in [-0.15, -0.1) is 0 Å². The van der Waals surface area contributed by atoms with Crippen molar-refractivity contribution in [2.45, 2.75) is 77.1 Å². The fraction of sp³-hybridized carbons (Fsp3) is 0.923. The third-order valence-corrected chi connectivity index (χ3v) is 8.49. The van der Waals surface area contributed by atoms with Gasteiger partial charge in [0.15, 0.2) is 8.32 Å². The lowest BCUT2D eigenvalue weighted by Gasteiger charge is -2.39. The molecule has 1 fully saturated rings. The maximum absolute atomic E-state index is 11.6. The van der Waals surface area contributed by atoms with Crippen LogP contribution in [0.4, 0.5) is 0 Å². The third-order valence-electron chi connectivity index (χ3n) is 3.95. The van der Waals surface area contributed by atoms with E-state index in [1.54, 1.807) is 0 Å². The van der Waals surface area contributed by atoms with Crippen molar-refractivity contribution in [3.05, 3.63) is 0 Å². The molecule has 0 radical (unpaired) electrons. The first-order valence-electron chi connectivity index (χ1n) is 6.42. The molecule has 0 amide bonds. The van der Waals surface area contributed by atoms with Crippen molar-refractivity contribution >= 4 is 14.1 Å². The highest BCUT2D eigenvalue weighted by Crippen LogP contribution is 2.38. The van der Waals surface area contributed by atoms with E-state index in [1.807, 2.05) is 0 Å². The highest BCUT2D eigenvalue weighted by atomic mass is 28.4. The first-order valence-corrected chi connectivity index (χ1v) is 9.33. The number of carbonyl (C=O) groups excluding carboxylic acids is 1. The van der Waals surface area contributed by atoms with Crippen LogP contribution >= 0.6 is 0 Å². The molecule has 0 spiro atoms. The van der Waals surface area contributed by atoms with Gasteiger partial charge >= 0.3 is 0 Å². The highest BCUT2D eigenvalue weighted by molar-refractivity contribution is 6.74. The van der Waals surface area contributed by atoms with E-state index in [2.05, 4.69) is 33.9 Å². The van der Waals surface area contributed by atoms with E-state index >= 15 is 0 Å². The molecule has 0 aromatic heterocycles. The van der Waals surface area contributed by atoms with Gasteiger partial charge in [0.1, 0.15) is 5.78 Å². The summed E-state index contributed by atoms with van der Waals surface area (Å²) in [6.45, 7) is 11.3. The van der Waals surface area contributed by atoms with Crippen LogP contribution in [0.15, 0.2) is 0 Å². The molecule has 1 aliphatic rings. The summed E-state index contributed by atoms with van der Waals surface area (Å²) in [7, 11) is -1.70. The van der Waals surface area contributed by atoms with Gasteiger partial charge in [0.2, 0.25) is 0 Å². The SMILES string of the molecule is CC(C)(C)[Si](C)(C)OC1CCCCC(=O)C1. The predicted molar refractivity (Wildman–Crippen MR) is 70.2 cm³/mol. The Morgan fingerprint density at radius 3 is 2.44 bits per heavy atom. The lowest BCUT2D eigenvalue weighted by Crippen LogP contribution is -2.44. The zero-order valence-corrected chi connectivity index (χ0v) is 12.4. The second kappa shape index (κ2) is 5.01. The largest absolute Gasteiger partial charge is 0.413 e. The Labute approximate surface area is 101 Å². The molecule has 0 aromatic rings. The van der Waals surface area contributed by atoms with Crippen LogP contribution in [0, 0.1) is 0 Å². The Kier molecular flexibility index (Phi) is 4.35. The molecule has 0 aromatic carbocycles. The van der Waals surface area contributed by atoms with Gasteiger partial charge < -0.3 is 4.43 Å². The summed E-state index contributed by atoms with van der Waals surface area (Å²) in [4.78, 5) is 11.6. The Balaban J connectivity index is 2.61. The Morgan fingerprint density at radius 2 is 1.88 bits per heavy atom. The molecule has 1 rings (SSSR count). The van der Waals surface area contributed by atoms with Crippen molar-refractivity contribution in [2.24, 2.45) is 0 Å². The molecule has 0 N–H and O–H groups in total. The topological polar surface area (TPSA) is 26.3 Å². The van der Waals surface area contributed by atoms with Gasteiger partial charge in [0.25, 0.3) is 0 Å². The summed E-state index contributed by atoms with van der Waals surface area (Å²) in [6.07, 6.45) is 4.86. The number of Topliss-reactive ketones (excluding diaryl/α,β-unsaturated/α-hetero) is 1. The second-order valence-corrected chi connectivity index (χ2v) is 11.2. The minimum absolute atomic E-state index is 0.191. The molecule has 0 aliphatic heterocycles. The van der Waals surface area contributed by atoms with Crippen LogP contribution in [0.25, 0.3) is 0 Å². The number of hydrogen-bond donors (Lipinski definition) is 0. The van der Waals surface area contributed by atoms with Gasteiger partial charge in [0, 0.05) is 12.8 Å². The van der Waals surface area contributed by atoms with Crippen molar-refractivity contribution in [2.75, 3.05) is 0 Å². The molecule has 1 saturated carbocycles. The zero-order valence-electron chi connectivity index (χ0n) is 11.4. The third kappa shape index (κ3) is 3.70. The van der Waals surface area contributed by atoms with E-state index in [-0.39, 0.29) is 11.1 Å². The average Bonchev–Trinajstić information content (AvgIpc) is 2.27. The second-order valence-electron chi connectivity index (χ2n) is 6.49. The Bertz CT molecular complexity index is 253. The number of ketones is 1. The summed E-state index contributed by atoms with van der Waals surface area (Å²) in [5.41, 5.74) is 0. The van der Waals surface area contributed by atoms with Crippen molar-refractivity contribution in [3.8, 4) is 0 Å². The van der Waals surface area contributed by atoms with E-state index in [0.29, 0.717) is 12.2 Å². The van der Waals surface area contributed by atoms with Crippen molar-refractivity contribution in [1.29, 1.82) is 0 Å².